The lowest BCUT2D eigenvalue weighted by atomic mass is 10.2. The maximum absolute atomic E-state index is 12.1. The molecule has 0 unspecified atom stereocenters. The summed E-state index contributed by atoms with van der Waals surface area (Å²) < 4.78 is 5.84. The third-order valence-corrected chi connectivity index (χ3v) is 4.10. The monoisotopic (exact) mass is 358 g/mol. The van der Waals surface area contributed by atoms with Gasteiger partial charge in [-0.2, -0.15) is 0 Å². The number of rotatable bonds is 6. The average molecular weight is 358 g/mol. The summed E-state index contributed by atoms with van der Waals surface area (Å²) in [5.74, 6) is 1.32. The molecule has 0 amide bonds. The van der Waals surface area contributed by atoms with E-state index < -0.39 is 0 Å². The molecule has 6 heteroatoms. The maximum Gasteiger partial charge on any atom is 0.258 e. The van der Waals surface area contributed by atoms with Crippen LogP contribution in [-0.4, -0.2) is 15.0 Å². The molecule has 2 N–H and O–H groups in total. The number of pyridine rings is 1. The third-order valence-electron chi connectivity index (χ3n) is 4.10. The molecule has 2 heterocycles. The summed E-state index contributed by atoms with van der Waals surface area (Å²) in [5, 5.41) is 3.79. The molecule has 0 aliphatic heterocycles. The lowest BCUT2D eigenvalue weighted by molar-refractivity contribution is 0.306. The van der Waals surface area contributed by atoms with E-state index in [4.69, 9.17) is 4.74 Å². The van der Waals surface area contributed by atoms with Crippen molar-refractivity contribution in [2.75, 3.05) is 5.32 Å². The number of hydrogen-bond donors (Lipinski definition) is 2. The smallest absolute Gasteiger partial charge is 0.258 e. The van der Waals surface area contributed by atoms with Crippen LogP contribution in [-0.2, 0) is 13.2 Å². The fourth-order valence-electron chi connectivity index (χ4n) is 2.75. The number of aromatic nitrogens is 3. The Morgan fingerprint density at radius 3 is 2.81 bits per heavy atom. The lowest BCUT2D eigenvalue weighted by Crippen LogP contribution is -2.14. The van der Waals surface area contributed by atoms with Gasteiger partial charge in [0, 0.05) is 18.0 Å². The van der Waals surface area contributed by atoms with Gasteiger partial charge in [-0.05, 0) is 23.8 Å². The zero-order valence-corrected chi connectivity index (χ0v) is 14.6. The SMILES string of the molecule is O=c1[nH]c(CNc2cccc(OCc3ccccc3)c2)nc2cnccc12. The maximum atomic E-state index is 12.1. The average Bonchev–Trinajstić information content (AvgIpc) is 2.72. The summed E-state index contributed by atoms with van der Waals surface area (Å²) in [5.41, 5.74) is 2.41. The topological polar surface area (TPSA) is 79.9 Å². The molecule has 0 bridgehead atoms. The molecule has 27 heavy (non-hydrogen) atoms. The van der Waals surface area contributed by atoms with Crippen LogP contribution < -0.4 is 15.6 Å². The van der Waals surface area contributed by atoms with Crippen molar-refractivity contribution in [3.63, 3.8) is 0 Å². The highest BCUT2D eigenvalue weighted by Crippen LogP contribution is 2.19. The Morgan fingerprint density at radius 2 is 1.93 bits per heavy atom. The molecule has 0 aliphatic rings. The molecular weight excluding hydrogens is 340 g/mol. The van der Waals surface area contributed by atoms with Gasteiger partial charge in [-0.15, -0.1) is 0 Å². The molecule has 6 nitrogen and oxygen atoms in total. The number of hydrogen-bond acceptors (Lipinski definition) is 5. The van der Waals surface area contributed by atoms with Gasteiger partial charge in [-0.25, -0.2) is 4.98 Å². The van der Waals surface area contributed by atoms with E-state index in [2.05, 4.69) is 20.3 Å². The van der Waals surface area contributed by atoms with E-state index in [0.717, 1.165) is 17.0 Å². The minimum Gasteiger partial charge on any atom is -0.489 e. The summed E-state index contributed by atoms with van der Waals surface area (Å²) in [6.45, 7) is 0.902. The highest BCUT2D eigenvalue weighted by molar-refractivity contribution is 5.75. The van der Waals surface area contributed by atoms with Gasteiger partial charge in [0.2, 0.25) is 0 Å². The Labute approximate surface area is 155 Å². The van der Waals surface area contributed by atoms with Gasteiger partial charge in [0.25, 0.3) is 5.56 Å². The normalized spacial score (nSPS) is 10.7. The van der Waals surface area contributed by atoms with Crippen molar-refractivity contribution in [3.05, 3.63) is 94.8 Å². The van der Waals surface area contributed by atoms with E-state index in [0.29, 0.717) is 29.9 Å². The Hall–Kier alpha value is -3.67. The first-order valence-corrected chi connectivity index (χ1v) is 8.61. The van der Waals surface area contributed by atoms with Gasteiger partial charge in [0.05, 0.1) is 23.6 Å². The fraction of sp³-hybridized carbons (Fsp3) is 0.0952. The molecule has 0 saturated carbocycles. The second-order valence-electron chi connectivity index (χ2n) is 6.06. The summed E-state index contributed by atoms with van der Waals surface area (Å²) in [4.78, 5) is 23.4. The van der Waals surface area contributed by atoms with E-state index in [1.54, 1.807) is 18.5 Å². The van der Waals surface area contributed by atoms with Crippen molar-refractivity contribution in [1.82, 2.24) is 15.0 Å². The predicted octanol–water partition coefficient (Wildman–Crippen LogP) is 3.51. The van der Waals surface area contributed by atoms with Gasteiger partial charge in [-0.1, -0.05) is 36.4 Å². The van der Waals surface area contributed by atoms with Crippen molar-refractivity contribution in [3.8, 4) is 5.75 Å². The minimum atomic E-state index is -0.167. The molecule has 0 saturated heterocycles. The third kappa shape index (κ3) is 4.12. The van der Waals surface area contributed by atoms with E-state index in [9.17, 15) is 4.79 Å². The van der Waals surface area contributed by atoms with Crippen LogP contribution in [0, 0.1) is 0 Å². The molecule has 0 fully saturated rings. The number of benzene rings is 2. The largest absolute Gasteiger partial charge is 0.489 e. The van der Waals surface area contributed by atoms with Crippen LogP contribution in [0.5, 0.6) is 5.75 Å². The summed E-state index contributed by atoms with van der Waals surface area (Å²) in [6, 6.07) is 19.4. The fourth-order valence-corrected chi connectivity index (χ4v) is 2.75. The van der Waals surface area contributed by atoms with Crippen LogP contribution in [0.1, 0.15) is 11.4 Å². The van der Waals surface area contributed by atoms with Crippen LogP contribution in [0.3, 0.4) is 0 Å². The van der Waals surface area contributed by atoms with E-state index in [-0.39, 0.29) is 5.56 Å². The second-order valence-corrected chi connectivity index (χ2v) is 6.06. The van der Waals surface area contributed by atoms with Gasteiger partial charge in [-0.3, -0.25) is 9.78 Å². The van der Waals surface area contributed by atoms with Gasteiger partial charge in [0.1, 0.15) is 18.2 Å². The van der Waals surface area contributed by atoms with Crippen molar-refractivity contribution >= 4 is 16.6 Å². The summed E-state index contributed by atoms with van der Waals surface area (Å²) in [7, 11) is 0. The zero-order chi connectivity index (χ0) is 18.5. The Morgan fingerprint density at radius 1 is 1.04 bits per heavy atom. The predicted molar refractivity (Wildman–Crippen MR) is 105 cm³/mol. The molecule has 0 atom stereocenters. The van der Waals surface area contributed by atoms with E-state index in [1.807, 2.05) is 54.6 Å². The molecule has 4 aromatic rings. The first-order valence-electron chi connectivity index (χ1n) is 8.61. The van der Waals surface area contributed by atoms with Crippen LogP contribution in [0.15, 0.2) is 77.9 Å². The number of fused-ring (bicyclic) bond motifs is 1. The number of aromatic amines is 1. The highest BCUT2D eigenvalue weighted by Gasteiger charge is 2.04. The summed E-state index contributed by atoms with van der Waals surface area (Å²) >= 11 is 0. The Balaban J connectivity index is 1.43. The van der Waals surface area contributed by atoms with Crippen LogP contribution in [0.4, 0.5) is 5.69 Å². The number of H-pyrrole nitrogens is 1. The number of nitrogens with one attached hydrogen (secondary N) is 2. The molecule has 2 aromatic carbocycles. The van der Waals surface area contributed by atoms with Crippen LogP contribution >= 0.6 is 0 Å². The van der Waals surface area contributed by atoms with E-state index in [1.165, 1.54) is 0 Å². The highest BCUT2D eigenvalue weighted by atomic mass is 16.5. The van der Waals surface area contributed by atoms with Crippen molar-refractivity contribution in [1.29, 1.82) is 0 Å². The molecular formula is C21H18N4O2. The number of nitrogens with zero attached hydrogens (tertiary/aromatic N) is 2. The van der Waals surface area contributed by atoms with E-state index >= 15 is 0 Å². The zero-order valence-electron chi connectivity index (χ0n) is 14.6. The quantitative estimate of drug-likeness (QED) is 0.551. The van der Waals surface area contributed by atoms with Crippen molar-refractivity contribution in [2.24, 2.45) is 0 Å². The first-order chi connectivity index (χ1) is 13.3. The molecule has 0 radical (unpaired) electrons. The first kappa shape index (κ1) is 16.8. The number of anilines is 1. The summed E-state index contributed by atoms with van der Waals surface area (Å²) in [6.07, 6.45) is 3.17. The number of ether oxygens (including phenoxy) is 1. The Kier molecular flexibility index (Phi) is 4.78. The van der Waals surface area contributed by atoms with Gasteiger partial charge < -0.3 is 15.0 Å². The molecule has 0 spiro atoms. The van der Waals surface area contributed by atoms with Gasteiger partial charge in [0.15, 0.2) is 0 Å². The molecule has 4 rings (SSSR count). The lowest BCUT2D eigenvalue weighted by Gasteiger charge is -2.10. The molecule has 2 aromatic heterocycles. The van der Waals surface area contributed by atoms with Crippen LogP contribution in [0.2, 0.25) is 0 Å². The van der Waals surface area contributed by atoms with Gasteiger partial charge >= 0.3 is 0 Å². The van der Waals surface area contributed by atoms with Crippen molar-refractivity contribution < 1.29 is 4.74 Å². The molecule has 0 aliphatic carbocycles. The standard InChI is InChI=1S/C21H18N4O2/c26-21-18-9-10-22-12-19(18)24-20(25-21)13-23-16-7-4-8-17(11-16)27-14-15-5-2-1-3-6-15/h1-12,23H,13-14H2,(H,24,25,26). The van der Waals surface area contributed by atoms with Crippen molar-refractivity contribution in [2.45, 2.75) is 13.2 Å². The van der Waals surface area contributed by atoms with Crippen LogP contribution in [0.25, 0.3) is 10.9 Å². The Bertz CT molecular complexity index is 1110. The minimum absolute atomic E-state index is 0.167. The molecule has 134 valence electrons. The second kappa shape index (κ2) is 7.70.